The molecule has 0 aromatic carbocycles. The van der Waals surface area contributed by atoms with E-state index in [9.17, 15) is 9.59 Å². The topological polar surface area (TPSA) is 96.9 Å². The van der Waals surface area contributed by atoms with Gasteiger partial charge in [0.2, 0.25) is 0 Å². The van der Waals surface area contributed by atoms with Crippen LogP contribution >= 0.6 is 0 Å². The Morgan fingerprint density at radius 2 is 1.67 bits per heavy atom. The summed E-state index contributed by atoms with van der Waals surface area (Å²) in [6.45, 7) is 17.2. The molecule has 0 bridgehead atoms. The minimum absolute atomic E-state index is 0.0154. The Labute approximate surface area is 183 Å². The third-order valence-electron chi connectivity index (χ3n) is 5.79. The maximum absolute atomic E-state index is 13.1. The van der Waals surface area contributed by atoms with Gasteiger partial charge in [0.25, 0.3) is 0 Å². The summed E-state index contributed by atoms with van der Waals surface area (Å²) in [4.78, 5) is 24.1. The molecule has 0 heterocycles. The molecule has 30 heavy (non-hydrogen) atoms. The minimum atomic E-state index is -0.892. The van der Waals surface area contributed by atoms with Crippen molar-refractivity contribution in [1.29, 1.82) is 0 Å². The van der Waals surface area contributed by atoms with Gasteiger partial charge < -0.3 is 25.2 Å². The van der Waals surface area contributed by atoms with Crippen LogP contribution in [0, 0.1) is 0 Å². The van der Waals surface area contributed by atoms with E-state index in [0.717, 1.165) is 19.3 Å². The molecule has 0 spiro atoms. The highest BCUT2D eigenvalue weighted by atomic mass is 16.5. The van der Waals surface area contributed by atoms with Crippen molar-refractivity contribution in [3.8, 4) is 0 Å². The second-order valence-corrected chi connectivity index (χ2v) is 9.84. The fraction of sp³-hybridized carbons (Fsp3) is 0.913. The highest BCUT2D eigenvalue weighted by Gasteiger charge is 2.34. The van der Waals surface area contributed by atoms with Crippen molar-refractivity contribution >= 4 is 11.8 Å². The van der Waals surface area contributed by atoms with Gasteiger partial charge in [0.1, 0.15) is 0 Å². The molecular formula is C23H46N2O5. The van der Waals surface area contributed by atoms with Crippen molar-refractivity contribution in [2.45, 2.75) is 116 Å². The lowest BCUT2D eigenvalue weighted by Crippen LogP contribution is -2.56. The molecule has 0 fully saturated rings. The molecule has 0 saturated heterocycles. The van der Waals surface area contributed by atoms with Crippen LogP contribution in [0.25, 0.3) is 0 Å². The van der Waals surface area contributed by atoms with Gasteiger partial charge in [-0.1, -0.05) is 20.8 Å². The second-order valence-electron chi connectivity index (χ2n) is 9.84. The number of carbonyl (C=O) groups is 2. The lowest BCUT2D eigenvalue weighted by Gasteiger charge is -2.34. The molecule has 0 saturated carbocycles. The Balaban J connectivity index is 4.83. The number of rotatable bonds is 17. The van der Waals surface area contributed by atoms with Crippen molar-refractivity contribution in [1.82, 2.24) is 10.6 Å². The van der Waals surface area contributed by atoms with Crippen LogP contribution in [-0.2, 0) is 19.1 Å². The van der Waals surface area contributed by atoms with E-state index < -0.39 is 17.6 Å². The highest BCUT2D eigenvalue weighted by Crippen LogP contribution is 2.23. The summed E-state index contributed by atoms with van der Waals surface area (Å²) in [5, 5.41) is 15.6. The standard InChI is InChI=1S/C23H46N2O5/c1-10-23(8,30-16-14-21(4,5)29-9)13-15-24-22(6,7)20(28)18(25-17(2)3)11-12-19(26)27/h17-18,24-25H,10-16H2,1-9H3,(H,26,27). The molecular weight excluding hydrogens is 384 g/mol. The van der Waals surface area contributed by atoms with Crippen LogP contribution in [0.4, 0.5) is 0 Å². The van der Waals surface area contributed by atoms with Crippen LogP contribution < -0.4 is 10.6 Å². The van der Waals surface area contributed by atoms with Crippen LogP contribution in [-0.4, -0.2) is 65.9 Å². The molecule has 3 N–H and O–H groups in total. The molecule has 2 unspecified atom stereocenters. The van der Waals surface area contributed by atoms with E-state index in [-0.39, 0.29) is 35.9 Å². The van der Waals surface area contributed by atoms with E-state index >= 15 is 0 Å². The van der Waals surface area contributed by atoms with Crippen LogP contribution in [0.15, 0.2) is 0 Å². The zero-order valence-corrected chi connectivity index (χ0v) is 20.7. The van der Waals surface area contributed by atoms with E-state index in [2.05, 4.69) is 24.5 Å². The normalized spacial score (nSPS) is 15.8. The Kier molecular flexibility index (Phi) is 12.3. The van der Waals surface area contributed by atoms with Gasteiger partial charge in [-0.3, -0.25) is 9.59 Å². The van der Waals surface area contributed by atoms with Crippen molar-refractivity contribution in [3.63, 3.8) is 0 Å². The predicted octanol–water partition coefficient (Wildman–Crippen LogP) is 3.55. The average Bonchev–Trinajstić information content (AvgIpc) is 2.63. The number of hydrogen-bond donors (Lipinski definition) is 3. The Hall–Kier alpha value is -1.02. The van der Waals surface area contributed by atoms with Gasteiger partial charge in [0.05, 0.1) is 29.4 Å². The Morgan fingerprint density at radius 1 is 1.07 bits per heavy atom. The maximum atomic E-state index is 13.1. The van der Waals surface area contributed by atoms with Crippen LogP contribution in [0.3, 0.4) is 0 Å². The van der Waals surface area contributed by atoms with Gasteiger partial charge in [-0.2, -0.15) is 0 Å². The molecule has 0 amide bonds. The maximum Gasteiger partial charge on any atom is 0.303 e. The quantitative estimate of drug-likeness (QED) is 0.325. The second kappa shape index (κ2) is 12.7. The third-order valence-corrected chi connectivity index (χ3v) is 5.79. The Morgan fingerprint density at radius 3 is 2.13 bits per heavy atom. The van der Waals surface area contributed by atoms with Crippen molar-refractivity contribution in [2.24, 2.45) is 0 Å². The first kappa shape index (κ1) is 29.0. The number of methoxy groups -OCH3 is 1. The summed E-state index contributed by atoms with van der Waals surface area (Å²) in [6.07, 6.45) is 2.69. The predicted molar refractivity (Wildman–Crippen MR) is 121 cm³/mol. The van der Waals surface area contributed by atoms with Gasteiger partial charge in [-0.25, -0.2) is 0 Å². The number of nitrogens with one attached hydrogen (secondary N) is 2. The van der Waals surface area contributed by atoms with Crippen LogP contribution in [0.5, 0.6) is 0 Å². The molecule has 0 aliphatic rings. The molecule has 2 atom stereocenters. The first-order valence-electron chi connectivity index (χ1n) is 11.1. The summed E-state index contributed by atoms with van der Waals surface area (Å²) < 4.78 is 11.6. The molecule has 0 aromatic heterocycles. The summed E-state index contributed by atoms with van der Waals surface area (Å²) in [5.41, 5.74) is -1.26. The van der Waals surface area contributed by atoms with E-state index in [4.69, 9.17) is 14.6 Å². The van der Waals surface area contributed by atoms with E-state index in [1.54, 1.807) is 7.11 Å². The number of Topliss-reactive ketones (excluding diaryl/α,β-unsaturated/α-hetero) is 1. The summed E-state index contributed by atoms with van der Waals surface area (Å²) in [5.74, 6) is -0.907. The van der Waals surface area contributed by atoms with E-state index in [0.29, 0.717) is 13.2 Å². The molecule has 0 aromatic rings. The smallest absolute Gasteiger partial charge is 0.303 e. The van der Waals surface area contributed by atoms with Gasteiger partial charge in [0, 0.05) is 19.6 Å². The molecule has 0 aliphatic carbocycles. The molecule has 178 valence electrons. The minimum Gasteiger partial charge on any atom is -0.481 e. The number of hydrogen-bond acceptors (Lipinski definition) is 6. The Bertz CT molecular complexity index is 534. The number of carboxylic acids is 1. The zero-order chi connectivity index (χ0) is 23.6. The average molecular weight is 431 g/mol. The summed E-state index contributed by atoms with van der Waals surface area (Å²) in [7, 11) is 1.71. The van der Waals surface area contributed by atoms with Crippen molar-refractivity contribution in [2.75, 3.05) is 20.3 Å². The number of carboxylic acid groups (broad SMARTS) is 1. The van der Waals surface area contributed by atoms with Gasteiger partial charge in [-0.05, 0) is 66.8 Å². The zero-order valence-electron chi connectivity index (χ0n) is 20.7. The van der Waals surface area contributed by atoms with Crippen molar-refractivity contribution < 1.29 is 24.2 Å². The largest absolute Gasteiger partial charge is 0.481 e. The van der Waals surface area contributed by atoms with Gasteiger partial charge in [-0.15, -0.1) is 0 Å². The van der Waals surface area contributed by atoms with Gasteiger partial charge >= 0.3 is 5.97 Å². The molecule has 0 rings (SSSR count). The number of ether oxygens (including phenoxy) is 2. The summed E-state index contributed by atoms with van der Waals surface area (Å²) >= 11 is 0. The number of carbonyl (C=O) groups excluding carboxylic acids is 1. The fourth-order valence-electron chi connectivity index (χ4n) is 3.12. The van der Waals surface area contributed by atoms with E-state index in [1.807, 2.05) is 41.5 Å². The highest BCUT2D eigenvalue weighted by molar-refractivity contribution is 5.92. The fourth-order valence-corrected chi connectivity index (χ4v) is 3.12. The lowest BCUT2D eigenvalue weighted by atomic mass is 9.89. The monoisotopic (exact) mass is 430 g/mol. The third kappa shape index (κ3) is 11.4. The molecule has 7 heteroatoms. The first-order chi connectivity index (χ1) is 13.7. The lowest BCUT2D eigenvalue weighted by molar-refractivity contribution is -0.137. The van der Waals surface area contributed by atoms with Crippen LogP contribution in [0.1, 0.15) is 87.5 Å². The summed E-state index contributed by atoms with van der Waals surface area (Å²) in [6, 6.07) is -0.398. The SMILES string of the molecule is CCC(C)(CCNC(C)(C)C(=O)C(CCC(=O)O)NC(C)C)OCCC(C)(C)OC. The number of ketones is 1. The van der Waals surface area contributed by atoms with Crippen molar-refractivity contribution in [3.05, 3.63) is 0 Å². The van der Waals surface area contributed by atoms with Crippen LogP contribution in [0.2, 0.25) is 0 Å². The molecule has 7 nitrogen and oxygen atoms in total. The molecule has 0 aliphatic heterocycles. The first-order valence-corrected chi connectivity index (χ1v) is 11.1. The number of aliphatic carboxylic acids is 1. The molecule has 0 radical (unpaired) electrons. The van der Waals surface area contributed by atoms with E-state index in [1.165, 1.54) is 0 Å². The van der Waals surface area contributed by atoms with Gasteiger partial charge in [0.15, 0.2) is 5.78 Å².